The predicted molar refractivity (Wildman–Crippen MR) is 32.4 cm³/mol. The van der Waals surface area contributed by atoms with E-state index in [1.54, 1.807) is 6.20 Å². The van der Waals surface area contributed by atoms with Crippen molar-refractivity contribution in [2.45, 2.75) is 6.92 Å². The van der Waals surface area contributed by atoms with Crippen molar-refractivity contribution in [2.75, 3.05) is 0 Å². The normalized spacial score (nSPS) is 8.44. The summed E-state index contributed by atoms with van der Waals surface area (Å²) in [6, 6.07) is 5.63. The van der Waals surface area contributed by atoms with Crippen molar-refractivity contribution in [3.63, 3.8) is 0 Å². The first-order valence-corrected chi connectivity index (χ1v) is 2.72. The van der Waals surface area contributed by atoms with Crippen LogP contribution in [0.5, 0.6) is 0 Å². The second-order valence-electron chi connectivity index (χ2n) is 1.81. The highest BCUT2D eigenvalue weighted by atomic mass is 14.9. The van der Waals surface area contributed by atoms with Gasteiger partial charge in [0.2, 0.25) is 0 Å². The van der Waals surface area contributed by atoms with Gasteiger partial charge in [-0.05, 0) is 19.1 Å². The SMILES string of the molecule is Cc1cccc[n+]1C#N. The molecule has 9 heavy (non-hydrogen) atoms. The average molecular weight is 119 g/mol. The molecule has 0 fully saturated rings. The van der Waals surface area contributed by atoms with E-state index >= 15 is 0 Å². The molecule has 0 saturated heterocycles. The first-order valence-electron chi connectivity index (χ1n) is 2.72. The van der Waals surface area contributed by atoms with E-state index in [4.69, 9.17) is 5.26 Å². The smallest absolute Gasteiger partial charge is 0.146 e. The van der Waals surface area contributed by atoms with Gasteiger partial charge in [-0.15, -0.1) is 4.57 Å². The molecule has 2 heteroatoms. The zero-order valence-electron chi connectivity index (χ0n) is 5.20. The summed E-state index contributed by atoms with van der Waals surface area (Å²) in [7, 11) is 0. The van der Waals surface area contributed by atoms with Crippen LogP contribution in [0.15, 0.2) is 24.4 Å². The number of nitriles is 1. The van der Waals surface area contributed by atoms with E-state index in [0.29, 0.717) is 0 Å². The van der Waals surface area contributed by atoms with E-state index in [0.717, 1.165) is 5.69 Å². The molecule has 1 aromatic heterocycles. The fourth-order valence-electron chi connectivity index (χ4n) is 0.641. The largest absolute Gasteiger partial charge is 0.464 e. The number of hydrogen-bond donors (Lipinski definition) is 0. The van der Waals surface area contributed by atoms with Gasteiger partial charge < -0.3 is 0 Å². The number of pyridine rings is 1. The van der Waals surface area contributed by atoms with Crippen molar-refractivity contribution in [1.82, 2.24) is 0 Å². The molecule has 0 aliphatic rings. The summed E-state index contributed by atoms with van der Waals surface area (Å²) in [5.74, 6) is 0. The van der Waals surface area contributed by atoms with Crippen LogP contribution in [0.1, 0.15) is 5.69 Å². The lowest BCUT2D eigenvalue weighted by Gasteiger charge is -1.87. The molecule has 0 atom stereocenters. The highest BCUT2D eigenvalue weighted by Gasteiger charge is 1.95. The van der Waals surface area contributed by atoms with Crippen LogP contribution in [0.3, 0.4) is 0 Å². The summed E-state index contributed by atoms with van der Waals surface area (Å²) >= 11 is 0. The fourth-order valence-corrected chi connectivity index (χ4v) is 0.641. The zero-order chi connectivity index (χ0) is 6.69. The first-order chi connectivity index (χ1) is 4.34. The van der Waals surface area contributed by atoms with Gasteiger partial charge in [0.1, 0.15) is 11.9 Å². The van der Waals surface area contributed by atoms with Gasteiger partial charge in [0.15, 0.2) is 5.26 Å². The summed E-state index contributed by atoms with van der Waals surface area (Å²) in [6.07, 6.45) is 3.74. The minimum Gasteiger partial charge on any atom is -0.146 e. The molecular formula is C7H7N2+. The van der Waals surface area contributed by atoms with Crippen molar-refractivity contribution < 1.29 is 4.57 Å². The second-order valence-corrected chi connectivity index (χ2v) is 1.81. The van der Waals surface area contributed by atoms with Gasteiger partial charge in [0, 0.05) is 0 Å². The standard InChI is InChI=1S/C7H7N2/c1-7-4-2-3-5-9(7)6-8/h2-5H,1H3/q+1. The topological polar surface area (TPSA) is 27.7 Å². The summed E-state index contributed by atoms with van der Waals surface area (Å²) in [6.45, 7) is 1.89. The number of hydrogen-bond acceptors (Lipinski definition) is 1. The van der Waals surface area contributed by atoms with Crippen LogP contribution in [-0.4, -0.2) is 0 Å². The van der Waals surface area contributed by atoms with Gasteiger partial charge in [0.05, 0.1) is 0 Å². The number of aryl methyl sites for hydroxylation is 1. The zero-order valence-corrected chi connectivity index (χ0v) is 5.20. The Labute approximate surface area is 54.0 Å². The Morgan fingerprint density at radius 3 is 2.78 bits per heavy atom. The highest BCUT2D eigenvalue weighted by Crippen LogP contribution is 1.84. The third-order valence-corrected chi connectivity index (χ3v) is 1.17. The molecule has 1 heterocycles. The van der Waals surface area contributed by atoms with Crippen LogP contribution in [0.4, 0.5) is 0 Å². The third-order valence-electron chi connectivity index (χ3n) is 1.17. The lowest BCUT2D eigenvalue weighted by Crippen LogP contribution is -2.30. The number of nitrogens with zero attached hydrogens (tertiary/aromatic N) is 2. The summed E-state index contributed by atoms with van der Waals surface area (Å²) in [5.41, 5.74) is 0.958. The number of aromatic nitrogens is 1. The van der Waals surface area contributed by atoms with Gasteiger partial charge >= 0.3 is 6.19 Å². The Hall–Kier alpha value is -1.36. The van der Waals surface area contributed by atoms with E-state index in [1.807, 2.05) is 31.3 Å². The van der Waals surface area contributed by atoms with E-state index in [9.17, 15) is 0 Å². The van der Waals surface area contributed by atoms with Gasteiger partial charge in [0.25, 0.3) is 0 Å². The lowest BCUT2D eigenvalue weighted by atomic mass is 10.4. The van der Waals surface area contributed by atoms with Crippen molar-refractivity contribution in [1.29, 1.82) is 5.26 Å². The minimum atomic E-state index is 0.958. The molecule has 44 valence electrons. The van der Waals surface area contributed by atoms with Crippen LogP contribution in [0, 0.1) is 18.4 Å². The average Bonchev–Trinajstić information content (AvgIpc) is 1.89. The molecule has 0 aromatic carbocycles. The van der Waals surface area contributed by atoms with E-state index in [1.165, 1.54) is 4.57 Å². The lowest BCUT2D eigenvalue weighted by molar-refractivity contribution is -0.593. The summed E-state index contributed by atoms with van der Waals surface area (Å²) in [4.78, 5) is 0. The molecule has 0 N–H and O–H groups in total. The van der Waals surface area contributed by atoms with Crippen LogP contribution in [0.2, 0.25) is 0 Å². The van der Waals surface area contributed by atoms with Gasteiger partial charge in [-0.1, -0.05) is 6.07 Å². The first kappa shape index (κ1) is 5.77. The van der Waals surface area contributed by atoms with E-state index in [2.05, 4.69) is 0 Å². The third kappa shape index (κ3) is 1.06. The van der Waals surface area contributed by atoms with E-state index in [-0.39, 0.29) is 0 Å². The molecule has 0 unspecified atom stereocenters. The molecule has 0 bridgehead atoms. The number of rotatable bonds is 0. The molecular weight excluding hydrogens is 112 g/mol. The van der Waals surface area contributed by atoms with Gasteiger partial charge in [-0.2, -0.15) is 0 Å². The van der Waals surface area contributed by atoms with Crippen molar-refractivity contribution in [2.24, 2.45) is 0 Å². The van der Waals surface area contributed by atoms with Gasteiger partial charge in [-0.3, -0.25) is 0 Å². The Morgan fingerprint density at radius 2 is 2.33 bits per heavy atom. The molecule has 1 rings (SSSR count). The maximum atomic E-state index is 8.43. The maximum absolute atomic E-state index is 8.43. The molecule has 0 spiro atoms. The Kier molecular flexibility index (Phi) is 1.46. The van der Waals surface area contributed by atoms with Crippen molar-refractivity contribution in [3.8, 4) is 6.19 Å². The summed E-state index contributed by atoms with van der Waals surface area (Å²) < 4.78 is 1.51. The van der Waals surface area contributed by atoms with Crippen molar-refractivity contribution in [3.05, 3.63) is 30.1 Å². The molecule has 2 nitrogen and oxygen atoms in total. The van der Waals surface area contributed by atoms with Crippen LogP contribution in [0.25, 0.3) is 0 Å². The Bertz CT molecular complexity index is 247. The van der Waals surface area contributed by atoms with Crippen LogP contribution in [-0.2, 0) is 0 Å². The fraction of sp³-hybridized carbons (Fsp3) is 0.143. The molecule has 0 aliphatic heterocycles. The Balaban J connectivity index is 3.20. The summed E-state index contributed by atoms with van der Waals surface area (Å²) in [5, 5.41) is 8.43. The van der Waals surface area contributed by atoms with E-state index < -0.39 is 0 Å². The molecule has 0 radical (unpaired) electrons. The van der Waals surface area contributed by atoms with Crippen LogP contribution >= 0.6 is 0 Å². The molecule has 0 saturated carbocycles. The molecule has 0 amide bonds. The predicted octanol–water partition coefficient (Wildman–Crippen LogP) is 0.612. The highest BCUT2D eigenvalue weighted by molar-refractivity contribution is 4.95. The monoisotopic (exact) mass is 119 g/mol. The Morgan fingerprint density at radius 1 is 1.56 bits per heavy atom. The quantitative estimate of drug-likeness (QED) is 0.460. The maximum Gasteiger partial charge on any atom is 0.464 e. The van der Waals surface area contributed by atoms with Crippen molar-refractivity contribution >= 4 is 0 Å². The molecule has 1 aromatic rings. The minimum absolute atomic E-state index is 0.958. The van der Waals surface area contributed by atoms with Crippen LogP contribution < -0.4 is 4.57 Å². The van der Waals surface area contributed by atoms with Gasteiger partial charge in [-0.25, -0.2) is 0 Å². The second kappa shape index (κ2) is 2.27. The molecule has 0 aliphatic carbocycles.